The zero-order valence-electron chi connectivity index (χ0n) is 16.1. The van der Waals surface area contributed by atoms with Gasteiger partial charge >= 0.3 is 23.6 Å². The lowest BCUT2D eigenvalue weighted by Gasteiger charge is -2.35. The fraction of sp³-hybridized carbons (Fsp3) is 0.150. The fourth-order valence-electron chi connectivity index (χ4n) is 3.60. The molecule has 0 amide bonds. The number of amidine groups is 1. The van der Waals surface area contributed by atoms with Gasteiger partial charge in [-0.2, -0.15) is 26.3 Å². The molecular formula is C20H12ClF6N4O2+. The van der Waals surface area contributed by atoms with Crippen molar-refractivity contribution in [2.45, 2.75) is 17.9 Å². The molecule has 1 aliphatic rings. The summed E-state index contributed by atoms with van der Waals surface area (Å²) in [5.74, 6) is -1.74. The van der Waals surface area contributed by atoms with Gasteiger partial charge in [-0.3, -0.25) is 9.78 Å². The van der Waals surface area contributed by atoms with Crippen LogP contribution >= 0.6 is 11.6 Å². The largest absolute Gasteiger partial charge is 0.446 e. The number of H-pyrrole nitrogens is 1. The first-order chi connectivity index (χ1) is 15.4. The number of halogens is 7. The Hall–Kier alpha value is -3.54. The number of hydrogen-bond acceptors (Lipinski definition) is 3. The molecule has 33 heavy (non-hydrogen) atoms. The third-order valence-electron chi connectivity index (χ3n) is 5.02. The number of anilines is 1. The van der Waals surface area contributed by atoms with Gasteiger partial charge < -0.3 is 0 Å². The van der Waals surface area contributed by atoms with Crippen LogP contribution in [0.3, 0.4) is 0 Å². The Balaban J connectivity index is 2.19. The van der Waals surface area contributed by atoms with E-state index >= 15 is 0 Å². The maximum absolute atomic E-state index is 14.3. The van der Waals surface area contributed by atoms with Crippen LogP contribution in [0.25, 0.3) is 5.69 Å². The number of para-hydroxylation sites is 1. The van der Waals surface area contributed by atoms with Crippen molar-refractivity contribution in [1.29, 1.82) is 0 Å². The van der Waals surface area contributed by atoms with Gasteiger partial charge in [-0.25, -0.2) is 19.7 Å². The van der Waals surface area contributed by atoms with Crippen LogP contribution in [0.4, 0.5) is 32.2 Å². The number of nitrogens with zero attached hydrogens (tertiary/aromatic N) is 1. The zero-order chi connectivity index (χ0) is 24.2. The molecular weight excluding hydrogens is 478 g/mol. The first-order valence-corrected chi connectivity index (χ1v) is 9.51. The number of nitrogens with one attached hydrogen (secondary N) is 3. The van der Waals surface area contributed by atoms with Crippen LogP contribution in [0.5, 0.6) is 0 Å². The molecule has 0 spiro atoms. The predicted molar refractivity (Wildman–Crippen MR) is 107 cm³/mol. The van der Waals surface area contributed by atoms with E-state index in [-0.39, 0.29) is 16.3 Å². The summed E-state index contributed by atoms with van der Waals surface area (Å²) in [5.41, 5.74) is -9.91. The molecule has 0 radical (unpaired) electrons. The van der Waals surface area contributed by atoms with Crippen LogP contribution in [-0.4, -0.2) is 27.7 Å². The molecule has 0 atom stereocenters. The lowest BCUT2D eigenvalue weighted by Crippen LogP contribution is -2.97. The summed E-state index contributed by atoms with van der Waals surface area (Å²) < 4.78 is 86.1. The molecule has 1 aromatic heterocycles. The second kappa shape index (κ2) is 7.51. The Morgan fingerprint density at radius 1 is 0.909 bits per heavy atom. The number of aromatic amines is 1. The van der Waals surface area contributed by atoms with Gasteiger partial charge in [0.2, 0.25) is 5.82 Å². The van der Waals surface area contributed by atoms with E-state index in [0.717, 1.165) is 6.07 Å². The number of rotatable bonds is 2. The van der Waals surface area contributed by atoms with Gasteiger partial charge in [0.1, 0.15) is 5.56 Å². The molecule has 0 aliphatic carbocycles. The first-order valence-electron chi connectivity index (χ1n) is 9.13. The number of aromatic nitrogens is 2. The minimum atomic E-state index is -6.04. The van der Waals surface area contributed by atoms with Crippen LogP contribution in [0.1, 0.15) is 11.1 Å². The van der Waals surface area contributed by atoms with Gasteiger partial charge in [0.15, 0.2) is 0 Å². The van der Waals surface area contributed by atoms with Crippen molar-refractivity contribution < 1.29 is 31.3 Å². The van der Waals surface area contributed by atoms with Gasteiger partial charge in [-0.15, -0.1) is 0 Å². The Kier molecular flexibility index (Phi) is 5.15. The molecule has 2 heterocycles. The van der Waals surface area contributed by atoms with Crippen molar-refractivity contribution in [2.75, 3.05) is 5.32 Å². The smallest absolute Gasteiger partial charge is 0.273 e. The highest BCUT2D eigenvalue weighted by Crippen LogP contribution is 2.48. The Bertz CT molecular complexity index is 1360. The SMILES string of the molecule is O=c1[nH]c(=O)n(-c2ccccc2)c2c1C(C(F)(F)F)(C(F)(F)F)[NH+]=C(c1cccc(Cl)c1)N2. The van der Waals surface area contributed by atoms with E-state index in [4.69, 9.17) is 11.6 Å². The summed E-state index contributed by atoms with van der Waals surface area (Å²) in [4.78, 5) is 28.1. The van der Waals surface area contributed by atoms with Crippen LogP contribution < -0.4 is 21.6 Å². The van der Waals surface area contributed by atoms with Crippen LogP contribution in [0, 0.1) is 0 Å². The molecule has 0 fully saturated rings. The highest BCUT2D eigenvalue weighted by atomic mass is 35.5. The van der Waals surface area contributed by atoms with Gasteiger partial charge in [-0.05, 0) is 30.3 Å². The minimum absolute atomic E-state index is 0.0328. The summed E-state index contributed by atoms with van der Waals surface area (Å²) in [6, 6.07) is 11.9. The van der Waals surface area contributed by atoms with Gasteiger partial charge in [0, 0.05) is 5.02 Å². The molecule has 1 aliphatic heterocycles. The maximum Gasteiger partial charge on any atom is 0.446 e. The van der Waals surface area contributed by atoms with E-state index in [9.17, 15) is 35.9 Å². The minimum Gasteiger partial charge on any atom is -0.273 e. The molecule has 6 nitrogen and oxygen atoms in total. The highest BCUT2D eigenvalue weighted by molar-refractivity contribution is 6.31. The fourth-order valence-corrected chi connectivity index (χ4v) is 3.79. The van der Waals surface area contributed by atoms with Gasteiger partial charge in [0.25, 0.3) is 11.4 Å². The quantitative estimate of drug-likeness (QED) is 0.484. The normalized spacial score (nSPS) is 15.4. The van der Waals surface area contributed by atoms with Crippen molar-refractivity contribution >= 4 is 23.3 Å². The van der Waals surface area contributed by atoms with E-state index in [1.54, 1.807) is 4.98 Å². The van der Waals surface area contributed by atoms with Crippen LogP contribution in [0.2, 0.25) is 5.02 Å². The average molecular weight is 490 g/mol. The van der Waals surface area contributed by atoms with Crippen molar-refractivity contribution in [3.05, 3.63) is 91.6 Å². The highest BCUT2D eigenvalue weighted by Gasteiger charge is 2.78. The van der Waals surface area contributed by atoms with E-state index in [0.29, 0.717) is 4.57 Å². The molecule has 13 heteroatoms. The molecule has 0 saturated heterocycles. The van der Waals surface area contributed by atoms with Crippen molar-refractivity contribution in [3.63, 3.8) is 0 Å². The second-order valence-electron chi connectivity index (χ2n) is 7.03. The molecule has 0 bridgehead atoms. The van der Waals surface area contributed by atoms with E-state index in [2.05, 4.69) is 5.32 Å². The molecule has 0 unspecified atom stereocenters. The third kappa shape index (κ3) is 3.50. The summed E-state index contributed by atoms with van der Waals surface area (Å²) in [5, 5.41) is 2.41. The predicted octanol–water partition coefficient (Wildman–Crippen LogP) is 2.45. The molecule has 3 N–H and O–H groups in total. The van der Waals surface area contributed by atoms with Gasteiger partial charge in [-0.1, -0.05) is 35.9 Å². The van der Waals surface area contributed by atoms with Crippen LogP contribution in [-0.2, 0) is 5.54 Å². The number of alkyl halides is 6. The summed E-state index contributed by atoms with van der Waals surface area (Å²) in [7, 11) is 0. The molecule has 4 rings (SSSR count). The number of fused-ring (bicyclic) bond motifs is 1. The van der Waals surface area contributed by atoms with E-state index < -0.39 is 46.4 Å². The van der Waals surface area contributed by atoms with Crippen molar-refractivity contribution in [2.24, 2.45) is 0 Å². The topological polar surface area (TPSA) is 80.9 Å². The molecule has 3 aromatic rings. The Morgan fingerprint density at radius 3 is 2.12 bits per heavy atom. The zero-order valence-corrected chi connectivity index (χ0v) is 16.9. The van der Waals surface area contributed by atoms with Crippen molar-refractivity contribution in [1.82, 2.24) is 9.55 Å². The molecule has 172 valence electrons. The standard InChI is InChI=1S/C20H11ClF6N4O2/c21-11-6-4-5-10(9-11)14-28-15-13(18(30-14,19(22,23)24)20(25,26)27)16(32)29-17(33)31(15)12-7-2-1-3-8-12/h1-9H,(H,28,30)(H,29,32,33)/p+1. The van der Waals surface area contributed by atoms with Gasteiger partial charge in [0.05, 0.1) is 11.3 Å². The maximum atomic E-state index is 14.3. The summed E-state index contributed by atoms with van der Waals surface area (Å²) in [6.45, 7) is 0. The molecule has 2 aromatic carbocycles. The monoisotopic (exact) mass is 489 g/mol. The first kappa shape index (κ1) is 22.6. The molecule has 0 saturated carbocycles. The average Bonchev–Trinajstić information content (AvgIpc) is 2.72. The summed E-state index contributed by atoms with van der Waals surface area (Å²) >= 11 is 5.87. The van der Waals surface area contributed by atoms with Crippen LogP contribution in [0.15, 0.2) is 64.2 Å². The second-order valence-corrected chi connectivity index (χ2v) is 7.47. The number of hydrogen-bond donors (Lipinski definition) is 3. The number of benzene rings is 2. The third-order valence-corrected chi connectivity index (χ3v) is 5.26. The summed E-state index contributed by atoms with van der Waals surface area (Å²) in [6.07, 6.45) is -12.1. The lowest BCUT2D eigenvalue weighted by atomic mass is 9.87. The lowest BCUT2D eigenvalue weighted by molar-refractivity contribution is -0.658. The van der Waals surface area contributed by atoms with Crippen molar-refractivity contribution in [3.8, 4) is 5.69 Å². The van der Waals surface area contributed by atoms with E-state index in [1.165, 1.54) is 53.5 Å². The Morgan fingerprint density at radius 2 is 1.55 bits per heavy atom. The van der Waals surface area contributed by atoms with E-state index in [1.807, 2.05) is 0 Å². The Labute approximate surface area is 185 Å².